The molecule has 2 heterocycles. The van der Waals surface area contributed by atoms with Gasteiger partial charge < -0.3 is 14.2 Å². The topological polar surface area (TPSA) is 58.6 Å². The summed E-state index contributed by atoms with van der Waals surface area (Å²) >= 11 is 3.43. The molecule has 3 aromatic rings. The molecule has 0 atom stereocenters. The molecule has 124 valence electrons. The first-order valence-electron chi connectivity index (χ1n) is 7.52. The van der Waals surface area contributed by atoms with Crippen LogP contribution >= 0.6 is 15.9 Å². The predicted octanol–water partition coefficient (Wildman–Crippen LogP) is 4.28. The van der Waals surface area contributed by atoms with Gasteiger partial charge in [-0.1, -0.05) is 12.1 Å². The van der Waals surface area contributed by atoms with E-state index in [0.717, 1.165) is 21.7 Å². The third-order valence-corrected chi connectivity index (χ3v) is 4.13. The van der Waals surface area contributed by atoms with E-state index in [0.29, 0.717) is 13.1 Å². The van der Waals surface area contributed by atoms with E-state index in [-0.39, 0.29) is 12.5 Å². The highest BCUT2D eigenvalue weighted by molar-refractivity contribution is 9.10. The Hall–Kier alpha value is -2.31. The lowest BCUT2D eigenvalue weighted by Crippen LogP contribution is -2.32. The third kappa shape index (κ3) is 4.59. The van der Waals surface area contributed by atoms with E-state index in [1.54, 1.807) is 12.5 Å². The first-order chi connectivity index (χ1) is 11.7. The average Bonchev–Trinajstić information content (AvgIpc) is 3.23. The maximum Gasteiger partial charge on any atom is 0.238 e. The Morgan fingerprint density at radius 3 is 2.12 bits per heavy atom. The second-order valence-electron chi connectivity index (χ2n) is 5.33. The van der Waals surface area contributed by atoms with Crippen molar-refractivity contribution < 1.29 is 13.6 Å². The largest absolute Gasteiger partial charge is 0.468 e. The molecule has 6 heteroatoms. The van der Waals surface area contributed by atoms with Crippen LogP contribution in [0.5, 0.6) is 0 Å². The van der Waals surface area contributed by atoms with Crippen molar-refractivity contribution in [3.05, 3.63) is 77.1 Å². The predicted molar refractivity (Wildman–Crippen MR) is 94.3 cm³/mol. The summed E-state index contributed by atoms with van der Waals surface area (Å²) in [7, 11) is 0. The van der Waals surface area contributed by atoms with Crippen molar-refractivity contribution in [1.29, 1.82) is 0 Å². The second kappa shape index (κ2) is 7.99. The van der Waals surface area contributed by atoms with Gasteiger partial charge >= 0.3 is 0 Å². The molecule has 3 rings (SSSR count). The number of carbonyl (C=O) groups excluding carboxylic acids is 1. The standard InChI is InChI=1S/C18H17BrN2O3/c19-16-7-1-2-8-17(16)20-18(22)13-21(11-14-5-3-9-23-14)12-15-6-4-10-24-15/h1-10H,11-13H2,(H,20,22). The Kier molecular flexibility index (Phi) is 5.51. The van der Waals surface area contributed by atoms with Crippen LogP contribution in [0.4, 0.5) is 5.69 Å². The molecule has 1 aromatic carbocycles. The van der Waals surface area contributed by atoms with E-state index in [2.05, 4.69) is 21.2 Å². The summed E-state index contributed by atoms with van der Waals surface area (Å²) in [5.74, 6) is 1.51. The van der Waals surface area contributed by atoms with Crippen LogP contribution in [0.1, 0.15) is 11.5 Å². The molecule has 1 amide bonds. The summed E-state index contributed by atoms with van der Waals surface area (Å²) < 4.78 is 11.6. The molecule has 0 bridgehead atoms. The Bertz CT molecular complexity index is 733. The van der Waals surface area contributed by atoms with Crippen molar-refractivity contribution in [1.82, 2.24) is 4.90 Å². The summed E-state index contributed by atoms with van der Waals surface area (Å²) in [6.07, 6.45) is 3.25. The van der Waals surface area contributed by atoms with Crippen LogP contribution in [-0.2, 0) is 17.9 Å². The van der Waals surface area contributed by atoms with E-state index in [1.165, 1.54) is 0 Å². The molecule has 0 aliphatic rings. The number of nitrogens with zero attached hydrogens (tertiary/aromatic N) is 1. The molecule has 0 radical (unpaired) electrons. The molecule has 5 nitrogen and oxygen atoms in total. The van der Waals surface area contributed by atoms with Crippen molar-refractivity contribution in [2.75, 3.05) is 11.9 Å². The van der Waals surface area contributed by atoms with Crippen molar-refractivity contribution >= 4 is 27.5 Å². The zero-order chi connectivity index (χ0) is 16.8. The maximum absolute atomic E-state index is 12.4. The number of halogens is 1. The molecule has 0 saturated carbocycles. The van der Waals surface area contributed by atoms with Gasteiger partial charge in [-0.15, -0.1) is 0 Å². The molecule has 24 heavy (non-hydrogen) atoms. The number of benzene rings is 1. The van der Waals surface area contributed by atoms with E-state index in [9.17, 15) is 4.79 Å². The number of carbonyl (C=O) groups is 1. The van der Waals surface area contributed by atoms with Crippen LogP contribution in [0.2, 0.25) is 0 Å². The first kappa shape index (κ1) is 16.5. The lowest BCUT2D eigenvalue weighted by atomic mass is 10.3. The fourth-order valence-electron chi connectivity index (χ4n) is 2.37. The molecular formula is C18H17BrN2O3. The molecule has 0 spiro atoms. The average molecular weight is 389 g/mol. The number of hydrogen-bond donors (Lipinski definition) is 1. The van der Waals surface area contributed by atoms with Gasteiger partial charge in [0.2, 0.25) is 5.91 Å². The highest BCUT2D eigenvalue weighted by Gasteiger charge is 2.15. The molecule has 0 aliphatic carbocycles. The van der Waals surface area contributed by atoms with Crippen LogP contribution in [-0.4, -0.2) is 17.4 Å². The summed E-state index contributed by atoms with van der Waals surface area (Å²) in [6.45, 7) is 1.27. The molecular weight excluding hydrogens is 372 g/mol. The number of anilines is 1. The molecule has 2 aromatic heterocycles. The van der Waals surface area contributed by atoms with E-state index < -0.39 is 0 Å². The number of nitrogens with one attached hydrogen (secondary N) is 1. The van der Waals surface area contributed by atoms with Gasteiger partial charge in [-0.3, -0.25) is 9.69 Å². The highest BCUT2D eigenvalue weighted by Crippen LogP contribution is 2.21. The Labute approximate surface area is 148 Å². The van der Waals surface area contributed by atoms with Gasteiger partial charge in [-0.25, -0.2) is 0 Å². The fraction of sp³-hybridized carbons (Fsp3) is 0.167. The van der Waals surface area contributed by atoms with E-state index in [4.69, 9.17) is 8.83 Å². The van der Waals surface area contributed by atoms with E-state index in [1.807, 2.05) is 53.4 Å². The molecule has 0 unspecified atom stereocenters. The van der Waals surface area contributed by atoms with Crippen LogP contribution in [0.3, 0.4) is 0 Å². The molecule has 0 aliphatic heterocycles. The zero-order valence-corrected chi connectivity index (χ0v) is 14.5. The minimum atomic E-state index is -0.0972. The Balaban J connectivity index is 1.66. The number of rotatable bonds is 7. The smallest absolute Gasteiger partial charge is 0.238 e. The summed E-state index contributed by atoms with van der Waals surface area (Å²) in [5, 5.41) is 2.91. The van der Waals surface area contributed by atoms with E-state index >= 15 is 0 Å². The van der Waals surface area contributed by atoms with Crippen molar-refractivity contribution in [2.24, 2.45) is 0 Å². The number of furan rings is 2. The second-order valence-corrected chi connectivity index (χ2v) is 6.19. The quantitative estimate of drug-likeness (QED) is 0.656. The summed E-state index contributed by atoms with van der Waals surface area (Å²) in [5.41, 5.74) is 0.749. The normalized spacial score (nSPS) is 10.9. The lowest BCUT2D eigenvalue weighted by molar-refractivity contribution is -0.117. The van der Waals surface area contributed by atoms with Gasteiger partial charge in [-0.2, -0.15) is 0 Å². The minimum absolute atomic E-state index is 0.0972. The van der Waals surface area contributed by atoms with Gasteiger partial charge in [0.15, 0.2) is 0 Å². The monoisotopic (exact) mass is 388 g/mol. The van der Waals surface area contributed by atoms with Crippen LogP contribution < -0.4 is 5.32 Å². The van der Waals surface area contributed by atoms with Gasteiger partial charge in [0.05, 0.1) is 37.8 Å². The van der Waals surface area contributed by atoms with Gasteiger partial charge in [0.1, 0.15) is 11.5 Å². The van der Waals surface area contributed by atoms with Crippen molar-refractivity contribution in [3.63, 3.8) is 0 Å². The number of amides is 1. The van der Waals surface area contributed by atoms with Gasteiger partial charge in [-0.05, 0) is 52.3 Å². The van der Waals surface area contributed by atoms with Crippen molar-refractivity contribution in [3.8, 4) is 0 Å². The van der Waals surface area contributed by atoms with Crippen LogP contribution in [0.15, 0.2) is 74.4 Å². The third-order valence-electron chi connectivity index (χ3n) is 3.43. The first-order valence-corrected chi connectivity index (χ1v) is 8.31. The molecule has 0 saturated heterocycles. The zero-order valence-electron chi connectivity index (χ0n) is 12.9. The maximum atomic E-state index is 12.4. The van der Waals surface area contributed by atoms with Crippen molar-refractivity contribution in [2.45, 2.75) is 13.1 Å². The van der Waals surface area contributed by atoms with Crippen LogP contribution in [0, 0.1) is 0 Å². The summed E-state index contributed by atoms with van der Waals surface area (Å²) in [4.78, 5) is 14.4. The fourth-order valence-corrected chi connectivity index (χ4v) is 2.75. The summed E-state index contributed by atoms with van der Waals surface area (Å²) in [6, 6.07) is 15.0. The SMILES string of the molecule is O=C(CN(Cc1ccco1)Cc1ccco1)Nc1ccccc1Br. The van der Waals surface area contributed by atoms with Crippen LogP contribution in [0.25, 0.3) is 0 Å². The minimum Gasteiger partial charge on any atom is -0.468 e. The Morgan fingerprint density at radius 2 is 1.58 bits per heavy atom. The number of hydrogen-bond acceptors (Lipinski definition) is 4. The molecule has 1 N–H and O–H groups in total. The van der Waals surface area contributed by atoms with Gasteiger partial charge in [0, 0.05) is 4.47 Å². The lowest BCUT2D eigenvalue weighted by Gasteiger charge is -2.19. The number of para-hydroxylation sites is 1. The Morgan fingerprint density at radius 1 is 0.958 bits per heavy atom. The molecule has 0 fully saturated rings. The highest BCUT2D eigenvalue weighted by atomic mass is 79.9. The van der Waals surface area contributed by atoms with Gasteiger partial charge in [0.25, 0.3) is 0 Å².